The van der Waals surface area contributed by atoms with Gasteiger partial charge in [-0.05, 0) is 39.6 Å². The van der Waals surface area contributed by atoms with Crippen molar-refractivity contribution >= 4 is 62.9 Å². The van der Waals surface area contributed by atoms with Crippen LogP contribution in [0.5, 0.6) is 0 Å². The lowest BCUT2D eigenvalue weighted by Gasteiger charge is -2.17. The van der Waals surface area contributed by atoms with Gasteiger partial charge in [-0.15, -0.1) is 23.5 Å². The lowest BCUT2D eigenvalue weighted by atomic mass is 10.2. The fourth-order valence-corrected chi connectivity index (χ4v) is 6.32. The van der Waals surface area contributed by atoms with Crippen molar-refractivity contribution in [2.75, 3.05) is 39.7 Å². The van der Waals surface area contributed by atoms with Crippen LogP contribution in [-0.2, 0) is 35.5 Å². The second-order valence-electron chi connectivity index (χ2n) is 11.3. The molecule has 15 heteroatoms. The van der Waals surface area contributed by atoms with Gasteiger partial charge in [-0.25, -0.2) is 29.5 Å². The van der Waals surface area contributed by atoms with Gasteiger partial charge in [0.15, 0.2) is 11.3 Å². The highest BCUT2D eigenvalue weighted by molar-refractivity contribution is 9.10. The zero-order valence-electron chi connectivity index (χ0n) is 28.8. The molecule has 0 fully saturated rings. The standard InChI is InChI=1S/C18H19BrN4O2S.C18H20N4O2S/c1-22(18(24)25-12-13-6-4-3-5-7-13)9-8-14-11-23-15(19)10-20-16(23)17(21-14)26-2;1-21(18(23)24-13-14-6-4-3-5-7-14)10-8-15-12-22-11-9-19-16(22)17(20-15)25-2/h3-7,10-11H,8-9,12H2,1-2H3;3-7,9,11-12H,8,10,13H2,1-2H3. The number of aromatic nitrogens is 6. The summed E-state index contributed by atoms with van der Waals surface area (Å²) in [5.41, 5.74) is 5.42. The highest BCUT2D eigenvalue weighted by Crippen LogP contribution is 2.23. The molecule has 0 aliphatic carbocycles. The van der Waals surface area contributed by atoms with Gasteiger partial charge in [0.05, 0.1) is 17.6 Å². The molecule has 0 radical (unpaired) electrons. The van der Waals surface area contributed by atoms with Crippen LogP contribution in [0.3, 0.4) is 0 Å². The Balaban J connectivity index is 0.000000198. The second-order valence-corrected chi connectivity index (χ2v) is 13.7. The van der Waals surface area contributed by atoms with E-state index in [-0.39, 0.29) is 25.4 Å². The summed E-state index contributed by atoms with van der Waals surface area (Å²) in [4.78, 5) is 45.3. The maximum absolute atomic E-state index is 12.1. The van der Waals surface area contributed by atoms with Crippen LogP contribution in [0, 0.1) is 0 Å². The fourth-order valence-electron chi connectivity index (χ4n) is 4.85. The molecule has 51 heavy (non-hydrogen) atoms. The zero-order valence-corrected chi connectivity index (χ0v) is 32.0. The Hall–Kier alpha value is -4.60. The van der Waals surface area contributed by atoms with E-state index >= 15 is 0 Å². The third kappa shape index (κ3) is 10.5. The van der Waals surface area contributed by atoms with Crippen molar-refractivity contribution in [3.05, 3.63) is 119 Å². The number of halogens is 1. The molecule has 0 unspecified atom stereocenters. The molecule has 0 N–H and O–H groups in total. The molecule has 2 amide bonds. The minimum Gasteiger partial charge on any atom is -0.445 e. The Morgan fingerprint density at radius 2 is 1.25 bits per heavy atom. The number of hydrogen-bond donors (Lipinski definition) is 0. The number of hydrogen-bond acceptors (Lipinski definition) is 10. The van der Waals surface area contributed by atoms with Crippen molar-refractivity contribution in [2.45, 2.75) is 36.1 Å². The van der Waals surface area contributed by atoms with E-state index in [0.29, 0.717) is 25.9 Å². The van der Waals surface area contributed by atoms with E-state index in [1.54, 1.807) is 59.8 Å². The average molecular weight is 792 g/mol. The van der Waals surface area contributed by atoms with Gasteiger partial charge in [0.2, 0.25) is 0 Å². The summed E-state index contributed by atoms with van der Waals surface area (Å²) in [6.45, 7) is 1.60. The first-order valence-electron chi connectivity index (χ1n) is 16.0. The molecular weight excluding hydrogens is 752 g/mol. The van der Waals surface area contributed by atoms with Gasteiger partial charge >= 0.3 is 12.2 Å². The number of ether oxygens (including phenoxy) is 2. The smallest absolute Gasteiger partial charge is 0.409 e. The maximum Gasteiger partial charge on any atom is 0.409 e. The number of likely N-dealkylation sites (N-methyl/N-ethyl adjacent to an activating group) is 2. The number of fused-ring (bicyclic) bond motifs is 2. The monoisotopic (exact) mass is 790 g/mol. The van der Waals surface area contributed by atoms with Crippen molar-refractivity contribution in [3.8, 4) is 0 Å². The second kappa shape index (κ2) is 18.6. The number of carbonyl (C=O) groups is 2. The van der Waals surface area contributed by atoms with Crippen LogP contribution in [0.25, 0.3) is 11.3 Å². The summed E-state index contributed by atoms with van der Waals surface area (Å²) < 4.78 is 15.5. The number of amides is 2. The minimum absolute atomic E-state index is 0.271. The molecule has 0 aliphatic heterocycles. The molecule has 6 aromatic rings. The molecule has 0 saturated carbocycles. The van der Waals surface area contributed by atoms with E-state index < -0.39 is 0 Å². The summed E-state index contributed by atoms with van der Waals surface area (Å²) in [5, 5.41) is 1.75. The van der Waals surface area contributed by atoms with Gasteiger partial charge in [0.25, 0.3) is 0 Å². The number of benzene rings is 2. The van der Waals surface area contributed by atoms with Crippen LogP contribution in [0.1, 0.15) is 22.5 Å². The van der Waals surface area contributed by atoms with Crippen molar-refractivity contribution in [2.24, 2.45) is 0 Å². The lowest BCUT2D eigenvalue weighted by Crippen LogP contribution is -2.29. The Labute approximate surface area is 313 Å². The van der Waals surface area contributed by atoms with E-state index in [2.05, 4.69) is 35.9 Å². The number of thioether (sulfide) groups is 2. The molecule has 2 aromatic carbocycles. The Morgan fingerprint density at radius 3 is 1.78 bits per heavy atom. The van der Waals surface area contributed by atoms with Crippen molar-refractivity contribution in [1.82, 2.24) is 38.5 Å². The van der Waals surface area contributed by atoms with Crippen LogP contribution in [0.15, 0.2) is 106 Å². The Bertz CT molecular complexity index is 2050. The number of carbonyl (C=O) groups excluding carboxylic acids is 2. The molecule has 0 bridgehead atoms. The average Bonchev–Trinajstić information content (AvgIpc) is 3.80. The molecule has 12 nitrogen and oxygen atoms in total. The Morgan fingerprint density at radius 1 is 0.745 bits per heavy atom. The van der Waals surface area contributed by atoms with Gasteiger partial charge in [0, 0.05) is 64.8 Å². The molecular formula is C36H39BrN8O4S2. The van der Waals surface area contributed by atoms with Gasteiger partial charge in [-0.2, -0.15) is 0 Å². The first kappa shape index (κ1) is 37.7. The van der Waals surface area contributed by atoms with E-state index in [9.17, 15) is 9.59 Å². The summed E-state index contributed by atoms with van der Waals surface area (Å²) >= 11 is 6.60. The van der Waals surface area contributed by atoms with Crippen LogP contribution in [0.2, 0.25) is 0 Å². The SMILES string of the molecule is CSc1nc(CCN(C)C(=O)OCc2ccccc2)cn2c(Br)cnc12.CSc1nc(CCN(C)C(=O)OCc2ccccc2)cn2ccnc12. The van der Waals surface area contributed by atoms with E-state index in [4.69, 9.17) is 9.47 Å². The van der Waals surface area contributed by atoms with Crippen molar-refractivity contribution < 1.29 is 19.1 Å². The highest BCUT2D eigenvalue weighted by Gasteiger charge is 2.15. The quantitative estimate of drug-likeness (QED) is 0.117. The van der Waals surface area contributed by atoms with Crippen molar-refractivity contribution in [1.29, 1.82) is 0 Å². The molecule has 266 valence electrons. The first-order valence-corrected chi connectivity index (χ1v) is 19.3. The summed E-state index contributed by atoms with van der Waals surface area (Å²) in [6, 6.07) is 19.3. The van der Waals surface area contributed by atoms with Gasteiger partial charge in [0.1, 0.15) is 27.9 Å². The number of nitrogens with zero attached hydrogens (tertiary/aromatic N) is 8. The molecule has 6 rings (SSSR count). The van der Waals surface area contributed by atoms with Crippen LogP contribution >= 0.6 is 39.5 Å². The zero-order chi connectivity index (χ0) is 36.2. The minimum atomic E-state index is -0.344. The van der Waals surface area contributed by atoms with E-state index in [0.717, 1.165) is 48.5 Å². The lowest BCUT2D eigenvalue weighted by molar-refractivity contribution is 0.104. The largest absolute Gasteiger partial charge is 0.445 e. The summed E-state index contributed by atoms with van der Waals surface area (Å²) in [6.07, 6.45) is 13.9. The number of imidazole rings is 2. The summed E-state index contributed by atoms with van der Waals surface area (Å²) in [7, 11) is 3.47. The predicted molar refractivity (Wildman–Crippen MR) is 203 cm³/mol. The normalized spacial score (nSPS) is 10.8. The van der Waals surface area contributed by atoms with Crippen LogP contribution in [0.4, 0.5) is 9.59 Å². The van der Waals surface area contributed by atoms with Crippen molar-refractivity contribution in [3.63, 3.8) is 0 Å². The van der Waals surface area contributed by atoms with Crippen LogP contribution < -0.4 is 0 Å². The molecule has 4 heterocycles. The van der Waals surface area contributed by atoms with Gasteiger partial charge in [-0.1, -0.05) is 60.7 Å². The first-order chi connectivity index (χ1) is 24.7. The molecule has 4 aromatic heterocycles. The number of rotatable bonds is 12. The fraction of sp³-hybridized carbons (Fsp3) is 0.278. The topological polar surface area (TPSA) is 119 Å². The molecule has 0 atom stereocenters. The van der Waals surface area contributed by atoms with Gasteiger partial charge < -0.3 is 23.7 Å². The van der Waals surface area contributed by atoms with Crippen LogP contribution in [-0.4, -0.2) is 90.4 Å². The van der Waals surface area contributed by atoms with Gasteiger partial charge in [-0.3, -0.25) is 4.40 Å². The summed E-state index contributed by atoms with van der Waals surface area (Å²) in [5.74, 6) is 0. The maximum atomic E-state index is 12.1. The molecule has 0 saturated heterocycles. The predicted octanol–water partition coefficient (Wildman–Crippen LogP) is 7.29. The molecule has 0 spiro atoms. The molecule has 0 aliphatic rings. The third-order valence-electron chi connectivity index (χ3n) is 7.69. The third-order valence-corrected chi connectivity index (χ3v) is 9.59. The Kier molecular flexibility index (Phi) is 13.7. The van der Waals surface area contributed by atoms with E-state index in [1.165, 1.54) is 0 Å². The van der Waals surface area contributed by atoms with E-state index in [1.807, 2.05) is 101 Å². The highest BCUT2D eigenvalue weighted by atomic mass is 79.9.